The standard InChI is InChI=1S/C16H23FN2O5S2/c1-16(2,3)24-15(20)19-8-6-11(7-9-19)25(21)14-5-4-12(10-13(14)17)26(18,22)23/h4-5,10-11H,6-9H2,1-3H3,(H2,18,22,23)/t25-/m0/s1. The summed E-state index contributed by atoms with van der Waals surface area (Å²) in [5.41, 5.74) is -0.592. The van der Waals surface area contributed by atoms with Crippen LogP contribution in [0.4, 0.5) is 9.18 Å². The van der Waals surface area contributed by atoms with Crippen LogP contribution < -0.4 is 5.14 Å². The Morgan fingerprint density at radius 1 is 1.31 bits per heavy atom. The Hall–Kier alpha value is -1.52. The maximum absolute atomic E-state index is 14.2. The zero-order chi connectivity index (χ0) is 19.7. The zero-order valence-electron chi connectivity index (χ0n) is 14.9. The number of carbonyl (C=O) groups is 1. The van der Waals surface area contributed by atoms with Crippen LogP contribution in [0.5, 0.6) is 0 Å². The minimum Gasteiger partial charge on any atom is -0.444 e. The molecule has 146 valence electrons. The molecule has 0 radical (unpaired) electrons. The van der Waals surface area contributed by atoms with E-state index < -0.39 is 38.3 Å². The summed E-state index contributed by atoms with van der Waals surface area (Å²) in [5, 5.41) is 4.63. The van der Waals surface area contributed by atoms with Crippen molar-refractivity contribution in [3.63, 3.8) is 0 Å². The molecule has 0 spiro atoms. The minimum absolute atomic E-state index is 0.0619. The van der Waals surface area contributed by atoms with Gasteiger partial charge in [0.1, 0.15) is 11.4 Å². The van der Waals surface area contributed by atoms with E-state index in [1.54, 1.807) is 25.7 Å². The number of nitrogens with zero attached hydrogens (tertiary/aromatic N) is 1. The van der Waals surface area contributed by atoms with Crippen molar-refractivity contribution in [2.75, 3.05) is 13.1 Å². The highest BCUT2D eigenvalue weighted by Crippen LogP contribution is 2.25. The van der Waals surface area contributed by atoms with Crippen molar-refractivity contribution < 1.29 is 26.5 Å². The topological polar surface area (TPSA) is 107 Å². The SMILES string of the molecule is CC(C)(C)OC(=O)N1CCC([S@](=O)c2ccc(S(N)(=O)=O)cc2F)CC1. The molecule has 0 aromatic heterocycles. The van der Waals surface area contributed by atoms with E-state index in [1.165, 1.54) is 6.07 Å². The normalized spacial score (nSPS) is 17.8. The van der Waals surface area contributed by atoms with Gasteiger partial charge in [-0.3, -0.25) is 4.21 Å². The molecule has 2 N–H and O–H groups in total. The smallest absolute Gasteiger partial charge is 0.410 e. The number of benzene rings is 1. The van der Waals surface area contributed by atoms with Gasteiger partial charge in [0.15, 0.2) is 0 Å². The summed E-state index contributed by atoms with van der Waals surface area (Å²) in [7, 11) is -5.67. The molecule has 1 aromatic carbocycles. The lowest BCUT2D eigenvalue weighted by molar-refractivity contribution is 0.0218. The molecule has 0 aliphatic carbocycles. The lowest BCUT2D eigenvalue weighted by Crippen LogP contribution is -2.43. The van der Waals surface area contributed by atoms with Gasteiger partial charge in [-0.05, 0) is 51.8 Å². The number of halogens is 1. The van der Waals surface area contributed by atoms with Gasteiger partial charge in [-0.2, -0.15) is 0 Å². The number of piperidine rings is 1. The Labute approximate surface area is 155 Å². The molecular weight excluding hydrogens is 383 g/mol. The van der Waals surface area contributed by atoms with Crippen LogP contribution in [0, 0.1) is 5.82 Å². The van der Waals surface area contributed by atoms with E-state index in [-0.39, 0.29) is 15.0 Å². The number of sulfonamides is 1. The van der Waals surface area contributed by atoms with Crippen LogP contribution in [0.15, 0.2) is 28.0 Å². The average Bonchev–Trinajstić information content (AvgIpc) is 2.52. The molecule has 1 aliphatic heterocycles. The minimum atomic E-state index is -4.02. The van der Waals surface area contributed by atoms with Gasteiger partial charge >= 0.3 is 6.09 Å². The quantitative estimate of drug-likeness (QED) is 0.826. The number of primary sulfonamides is 1. The second kappa shape index (κ2) is 7.61. The number of amides is 1. The van der Waals surface area contributed by atoms with E-state index in [1.807, 2.05) is 0 Å². The van der Waals surface area contributed by atoms with Gasteiger partial charge in [0.05, 0.1) is 20.6 Å². The fourth-order valence-corrected chi connectivity index (χ4v) is 4.56. The van der Waals surface area contributed by atoms with Crippen molar-refractivity contribution in [1.29, 1.82) is 0 Å². The van der Waals surface area contributed by atoms with E-state index in [2.05, 4.69) is 0 Å². The third kappa shape index (κ3) is 5.24. The number of hydrogen-bond donors (Lipinski definition) is 1. The second-order valence-corrected chi connectivity index (χ2v) is 10.4. The van der Waals surface area contributed by atoms with Crippen LogP contribution in [-0.2, 0) is 25.6 Å². The van der Waals surface area contributed by atoms with Gasteiger partial charge in [0, 0.05) is 18.3 Å². The summed E-state index contributed by atoms with van der Waals surface area (Å²) in [6.45, 7) is 6.06. The molecule has 10 heteroatoms. The zero-order valence-corrected chi connectivity index (χ0v) is 16.5. The number of nitrogens with two attached hydrogens (primary N) is 1. The van der Waals surface area contributed by atoms with Crippen molar-refractivity contribution in [2.45, 2.75) is 54.3 Å². The highest BCUT2D eigenvalue weighted by molar-refractivity contribution is 7.89. The van der Waals surface area contributed by atoms with E-state index in [0.717, 1.165) is 12.1 Å². The molecule has 1 saturated heterocycles. The van der Waals surface area contributed by atoms with Gasteiger partial charge in [0.25, 0.3) is 0 Å². The fraction of sp³-hybridized carbons (Fsp3) is 0.562. The first-order chi connectivity index (χ1) is 11.9. The Balaban J connectivity index is 2.04. The third-order valence-electron chi connectivity index (χ3n) is 3.85. The second-order valence-electron chi connectivity index (χ2n) is 7.10. The maximum Gasteiger partial charge on any atom is 0.410 e. The lowest BCUT2D eigenvalue weighted by atomic mass is 10.1. The first kappa shape index (κ1) is 20.8. The van der Waals surface area contributed by atoms with Crippen LogP contribution in [0.3, 0.4) is 0 Å². The highest BCUT2D eigenvalue weighted by Gasteiger charge is 2.30. The predicted octanol–water partition coefficient (Wildman–Crippen LogP) is 1.98. The summed E-state index contributed by atoms with van der Waals surface area (Å²) in [6.07, 6.45) is 0.440. The first-order valence-corrected chi connectivity index (χ1v) is 10.9. The van der Waals surface area contributed by atoms with Crippen molar-refractivity contribution in [3.8, 4) is 0 Å². The van der Waals surface area contributed by atoms with E-state index >= 15 is 0 Å². The van der Waals surface area contributed by atoms with Crippen molar-refractivity contribution in [2.24, 2.45) is 5.14 Å². The summed E-state index contributed by atoms with van der Waals surface area (Å²) in [4.78, 5) is 13.2. The summed E-state index contributed by atoms with van der Waals surface area (Å²) >= 11 is 0. The van der Waals surface area contributed by atoms with Crippen LogP contribution in [-0.4, -0.2) is 47.6 Å². The molecule has 0 unspecified atom stereocenters. The van der Waals surface area contributed by atoms with Crippen molar-refractivity contribution in [1.82, 2.24) is 4.90 Å². The number of likely N-dealkylation sites (tertiary alicyclic amines) is 1. The Bertz CT molecular complexity index is 812. The maximum atomic E-state index is 14.2. The molecule has 1 amide bonds. The molecule has 0 bridgehead atoms. The number of ether oxygens (including phenoxy) is 1. The fourth-order valence-electron chi connectivity index (χ4n) is 2.58. The van der Waals surface area contributed by atoms with Gasteiger partial charge < -0.3 is 9.64 Å². The Morgan fingerprint density at radius 3 is 2.35 bits per heavy atom. The molecular formula is C16H23FN2O5S2. The summed E-state index contributed by atoms with van der Waals surface area (Å²) in [6, 6.07) is 3.10. The molecule has 1 aromatic rings. The van der Waals surface area contributed by atoms with Gasteiger partial charge in [-0.15, -0.1) is 0 Å². The van der Waals surface area contributed by atoms with Crippen molar-refractivity contribution in [3.05, 3.63) is 24.0 Å². The monoisotopic (exact) mass is 406 g/mol. The van der Waals surface area contributed by atoms with Crippen LogP contribution in [0.25, 0.3) is 0 Å². The molecule has 1 heterocycles. The number of rotatable bonds is 3. The number of hydrogen-bond acceptors (Lipinski definition) is 5. The third-order valence-corrected chi connectivity index (χ3v) is 6.60. The molecule has 7 nitrogen and oxygen atoms in total. The van der Waals surface area contributed by atoms with Crippen LogP contribution in [0.1, 0.15) is 33.6 Å². The molecule has 26 heavy (non-hydrogen) atoms. The van der Waals surface area contributed by atoms with E-state index in [0.29, 0.717) is 25.9 Å². The number of carbonyl (C=O) groups excluding carboxylic acids is 1. The first-order valence-electron chi connectivity index (χ1n) is 8.09. The molecule has 0 saturated carbocycles. The highest BCUT2D eigenvalue weighted by atomic mass is 32.2. The van der Waals surface area contributed by atoms with Gasteiger partial charge in [-0.1, -0.05) is 0 Å². The van der Waals surface area contributed by atoms with E-state index in [4.69, 9.17) is 9.88 Å². The largest absolute Gasteiger partial charge is 0.444 e. The molecule has 1 fully saturated rings. The molecule has 2 rings (SSSR count). The summed E-state index contributed by atoms with van der Waals surface area (Å²) < 4.78 is 54.6. The molecule has 1 atom stereocenters. The van der Waals surface area contributed by atoms with Crippen LogP contribution >= 0.6 is 0 Å². The van der Waals surface area contributed by atoms with E-state index in [9.17, 15) is 21.8 Å². The van der Waals surface area contributed by atoms with Crippen molar-refractivity contribution >= 4 is 26.9 Å². The Kier molecular flexibility index (Phi) is 6.09. The Morgan fingerprint density at radius 2 is 1.88 bits per heavy atom. The average molecular weight is 407 g/mol. The van der Waals surface area contributed by atoms with Gasteiger partial charge in [-0.25, -0.2) is 22.7 Å². The molecule has 1 aliphatic rings. The lowest BCUT2D eigenvalue weighted by Gasteiger charge is -2.33. The predicted molar refractivity (Wildman–Crippen MR) is 95.0 cm³/mol. The summed E-state index contributed by atoms with van der Waals surface area (Å²) in [5.74, 6) is -0.871. The van der Waals surface area contributed by atoms with Gasteiger partial charge in [0.2, 0.25) is 10.0 Å². The van der Waals surface area contributed by atoms with Crippen LogP contribution in [0.2, 0.25) is 0 Å².